The zero-order valence-electron chi connectivity index (χ0n) is 12.6. The lowest BCUT2D eigenvalue weighted by Gasteiger charge is -2.36. The Morgan fingerprint density at radius 1 is 1.48 bits per heavy atom. The Morgan fingerprint density at radius 2 is 2.30 bits per heavy atom. The molecule has 2 aliphatic heterocycles. The predicted octanol–water partition coefficient (Wildman–Crippen LogP) is 0.975. The normalized spacial score (nSPS) is 21.4. The van der Waals surface area contributed by atoms with E-state index in [9.17, 15) is 8.42 Å². The Labute approximate surface area is 141 Å². The van der Waals surface area contributed by atoms with Crippen LogP contribution in [0.25, 0.3) is 0 Å². The van der Waals surface area contributed by atoms with E-state index in [-0.39, 0.29) is 5.92 Å². The Kier molecular flexibility index (Phi) is 4.77. The smallest absolute Gasteiger partial charge is 0.274 e. The van der Waals surface area contributed by atoms with Gasteiger partial charge in [-0.15, -0.1) is 0 Å². The van der Waals surface area contributed by atoms with Crippen molar-refractivity contribution in [3.05, 3.63) is 28.8 Å². The Morgan fingerprint density at radius 3 is 3.09 bits per heavy atom. The molecule has 1 aromatic rings. The molecule has 0 amide bonds. The van der Waals surface area contributed by atoms with E-state index < -0.39 is 10.2 Å². The minimum atomic E-state index is -3.64. The molecule has 2 heterocycles. The van der Waals surface area contributed by atoms with Crippen molar-refractivity contribution in [2.24, 2.45) is 16.0 Å². The summed E-state index contributed by atoms with van der Waals surface area (Å²) in [6, 6.07) is 5.72. The van der Waals surface area contributed by atoms with Gasteiger partial charge in [0.25, 0.3) is 10.2 Å². The predicted molar refractivity (Wildman–Crippen MR) is 91.9 cm³/mol. The van der Waals surface area contributed by atoms with Gasteiger partial charge in [0, 0.05) is 35.9 Å². The molecular weight excluding hydrogens is 338 g/mol. The second-order valence-corrected chi connectivity index (χ2v) is 7.67. The van der Waals surface area contributed by atoms with Crippen LogP contribution in [0.15, 0.2) is 23.2 Å². The van der Waals surface area contributed by atoms with Crippen LogP contribution in [0, 0.1) is 5.92 Å². The summed E-state index contributed by atoms with van der Waals surface area (Å²) in [5, 5.41) is 8.92. The lowest BCUT2D eigenvalue weighted by atomic mass is 9.97. The molecule has 1 saturated heterocycles. The highest BCUT2D eigenvalue weighted by atomic mass is 35.5. The molecule has 126 valence electrons. The van der Waals surface area contributed by atoms with Crippen LogP contribution in [-0.4, -0.2) is 45.5 Å². The minimum absolute atomic E-state index is 0.218. The Bertz CT molecular complexity index is 722. The molecule has 1 aromatic carbocycles. The number of aliphatic imine (C=N–C) groups is 1. The first-order valence-corrected chi connectivity index (χ1v) is 9.45. The number of fused-ring (bicyclic) bond motifs is 1. The summed E-state index contributed by atoms with van der Waals surface area (Å²) in [7, 11) is -3.64. The third kappa shape index (κ3) is 4.14. The first-order valence-electron chi connectivity index (χ1n) is 7.53. The van der Waals surface area contributed by atoms with Crippen LogP contribution in [0.4, 0.5) is 5.69 Å². The number of benzene rings is 1. The van der Waals surface area contributed by atoms with Crippen molar-refractivity contribution in [1.82, 2.24) is 9.62 Å². The number of nitrogens with one attached hydrogen (secondary N) is 2. The molecule has 23 heavy (non-hydrogen) atoms. The zero-order chi connectivity index (χ0) is 16.4. The highest BCUT2D eigenvalue weighted by Crippen LogP contribution is 2.27. The van der Waals surface area contributed by atoms with Crippen molar-refractivity contribution in [3.8, 4) is 0 Å². The number of amidine groups is 1. The monoisotopic (exact) mass is 357 g/mol. The van der Waals surface area contributed by atoms with Gasteiger partial charge in [-0.1, -0.05) is 11.6 Å². The SMILES string of the molecule is NS(=O)(=O)NCC1CCCN(C2=NCNc3cc(Cl)ccc32)C1. The highest BCUT2D eigenvalue weighted by Gasteiger charge is 2.26. The van der Waals surface area contributed by atoms with Gasteiger partial charge in [-0.3, -0.25) is 0 Å². The number of anilines is 1. The second kappa shape index (κ2) is 6.64. The quantitative estimate of drug-likeness (QED) is 0.750. The van der Waals surface area contributed by atoms with Crippen LogP contribution < -0.4 is 15.2 Å². The van der Waals surface area contributed by atoms with Gasteiger partial charge in [-0.05, 0) is 37.0 Å². The number of halogens is 1. The molecule has 3 rings (SSSR count). The summed E-state index contributed by atoms with van der Waals surface area (Å²) in [6.07, 6.45) is 1.96. The maximum Gasteiger partial charge on any atom is 0.274 e. The molecule has 9 heteroatoms. The topological polar surface area (TPSA) is 99.8 Å². The van der Waals surface area contributed by atoms with Crippen LogP contribution in [-0.2, 0) is 10.2 Å². The molecule has 0 aliphatic carbocycles. The molecule has 0 spiro atoms. The van der Waals surface area contributed by atoms with Crippen molar-refractivity contribution in [3.63, 3.8) is 0 Å². The van der Waals surface area contributed by atoms with E-state index in [1.165, 1.54) is 0 Å². The molecule has 0 aromatic heterocycles. The van der Waals surface area contributed by atoms with Gasteiger partial charge in [0.05, 0.1) is 0 Å². The summed E-state index contributed by atoms with van der Waals surface area (Å²) in [4.78, 5) is 6.81. The van der Waals surface area contributed by atoms with Crippen molar-refractivity contribution in [2.75, 3.05) is 31.6 Å². The average molecular weight is 358 g/mol. The molecule has 1 unspecified atom stereocenters. The van der Waals surface area contributed by atoms with E-state index in [1.807, 2.05) is 18.2 Å². The van der Waals surface area contributed by atoms with Gasteiger partial charge in [0.15, 0.2) is 0 Å². The van der Waals surface area contributed by atoms with Gasteiger partial charge in [-0.25, -0.2) is 14.9 Å². The van der Waals surface area contributed by atoms with Gasteiger partial charge in [0.1, 0.15) is 12.5 Å². The molecular formula is C14H20ClN5O2S. The third-order valence-corrected chi connectivity index (χ3v) is 4.92. The van der Waals surface area contributed by atoms with Crippen molar-refractivity contribution in [1.29, 1.82) is 0 Å². The van der Waals surface area contributed by atoms with Crippen molar-refractivity contribution < 1.29 is 8.42 Å². The second-order valence-electron chi connectivity index (χ2n) is 5.85. The fourth-order valence-electron chi connectivity index (χ4n) is 3.07. The van der Waals surface area contributed by atoms with Gasteiger partial charge >= 0.3 is 0 Å². The van der Waals surface area contributed by atoms with Crippen LogP contribution in [0.1, 0.15) is 18.4 Å². The molecule has 7 nitrogen and oxygen atoms in total. The number of hydrogen-bond acceptors (Lipinski definition) is 5. The molecule has 1 fully saturated rings. The number of piperidine rings is 1. The fraction of sp³-hybridized carbons (Fsp3) is 0.500. The number of nitrogens with two attached hydrogens (primary N) is 1. The maximum absolute atomic E-state index is 11.1. The first kappa shape index (κ1) is 16.5. The standard InChI is InChI=1S/C14H20ClN5O2S/c15-11-3-4-12-13(6-11)17-9-18-14(12)20-5-1-2-10(8-20)7-19-23(16,21)22/h3-4,6,10,17,19H,1-2,5,7-9H2,(H2,16,21,22). The van der Waals surface area contributed by atoms with Gasteiger partial charge in [-0.2, -0.15) is 8.42 Å². The largest absolute Gasteiger partial charge is 0.366 e. The van der Waals surface area contributed by atoms with Crippen molar-refractivity contribution >= 4 is 33.3 Å². The highest BCUT2D eigenvalue weighted by molar-refractivity contribution is 7.87. The maximum atomic E-state index is 11.1. The van der Waals surface area contributed by atoms with E-state index in [4.69, 9.17) is 16.7 Å². The zero-order valence-corrected chi connectivity index (χ0v) is 14.2. The lowest BCUT2D eigenvalue weighted by molar-refractivity contribution is 0.259. The van der Waals surface area contributed by atoms with Crippen LogP contribution in [0.3, 0.4) is 0 Å². The van der Waals surface area contributed by atoms with Crippen LogP contribution in [0.2, 0.25) is 5.02 Å². The first-order chi connectivity index (χ1) is 10.9. The van der Waals surface area contributed by atoms with E-state index in [2.05, 4.69) is 19.9 Å². The lowest BCUT2D eigenvalue weighted by Crippen LogP contribution is -2.45. The summed E-state index contributed by atoms with van der Waals surface area (Å²) in [5.74, 6) is 1.16. The van der Waals surface area contributed by atoms with Gasteiger partial charge < -0.3 is 10.2 Å². The molecule has 0 saturated carbocycles. The average Bonchev–Trinajstić information content (AvgIpc) is 2.52. The van der Waals surface area contributed by atoms with E-state index in [1.54, 1.807) is 0 Å². The van der Waals surface area contributed by atoms with Crippen LogP contribution in [0.5, 0.6) is 0 Å². The third-order valence-electron chi connectivity index (χ3n) is 4.11. The number of rotatable bonds is 3. The van der Waals surface area contributed by atoms with E-state index in [0.29, 0.717) is 18.2 Å². The number of nitrogens with zero attached hydrogens (tertiary/aromatic N) is 2. The summed E-state index contributed by atoms with van der Waals surface area (Å²) < 4.78 is 24.5. The Hall–Kier alpha value is -1.35. The minimum Gasteiger partial charge on any atom is -0.366 e. The van der Waals surface area contributed by atoms with E-state index in [0.717, 1.165) is 43.0 Å². The van der Waals surface area contributed by atoms with Crippen LogP contribution >= 0.6 is 11.6 Å². The fourth-order valence-corrected chi connectivity index (χ4v) is 3.71. The molecule has 0 bridgehead atoms. The Balaban J connectivity index is 1.73. The number of likely N-dealkylation sites (tertiary alicyclic amines) is 1. The van der Waals surface area contributed by atoms with Gasteiger partial charge in [0.2, 0.25) is 0 Å². The number of hydrogen-bond donors (Lipinski definition) is 3. The molecule has 2 aliphatic rings. The molecule has 4 N–H and O–H groups in total. The van der Waals surface area contributed by atoms with E-state index >= 15 is 0 Å². The summed E-state index contributed by atoms with van der Waals surface area (Å²) in [5.41, 5.74) is 2.01. The molecule has 1 atom stereocenters. The van der Waals surface area contributed by atoms with Crippen molar-refractivity contribution in [2.45, 2.75) is 12.8 Å². The molecule has 0 radical (unpaired) electrons. The summed E-state index contributed by atoms with van der Waals surface area (Å²) in [6.45, 7) is 2.53. The summed E-state index contributed by atoms with van der Waals surface area (Å²) >= 11 is 6.05.